The van der Waals surface area contributed by atoms with Crippen LogP contribution in [-0.2, 0) is 9.53 Å². The first-order valence-electron chi connectivity index (χ1n) is 8.15. The van der Waals surface area contributed by atoms with Gasteiger partial charge in [-0.1, -0.05) is 6.92 Å². The maximum absolute atomic E-state index is 13.6. The average Bonchev–Trinajstić information content (AvgIpc) is 2.71. The van der Waals surface area contributed by atoms with Crippen molar-refractivity contribution in [3.63, 3.8) is 0 Å². The first-order chi connectivity index (χ1) is 13.4. The monoisotopic (exact) mass is 381 g/mol. The first-order valence-corrected chi connectivity index (χ1v) is 8.15. The molecule has 0 fully saturated rings. The molecule has 2 aromatic carbocycles. The molecule has 1 amide bonds. The van der Waals surface area contributed by atoms with E-state index in [1.807, 2.05) is 6.07 Å². The number of carbonyl (C=O) groups is 2. The van der Waals surface area contributed by atoms with Crippen LogP contribution in [0.25, 0.3) is 0 Å². The summed E-state index contributed by atoms with van der Waals surface area (Å²) >= 11 is 0. The van der Waals surface area contributed by atoms with Crippen LogP contribution in [0.5, 0.6) is 5.75 Å². The second-order valence-electron chi connectivity index (χ2n) is 5.82. The molecule has 1 N–H and O–H groups in total. The minimum absolute atomic E-state index is 0.0304. The number of nitriles is 2. The summed E-state index contributed by atoms with van der Waals surface area (Å²) in [7, 11) is 1.19. The lowest BCUT2D eigenvalue weighted by Gasteiger charge is -2.14. The summed E-state index contributed by atoms with van der Waals surface area (Å²) in [6, 6.07) is 11.6. The SMILES string of the molecule is COC(=O)c1cc(NC(=O)[C@H](C)COc2ccc(C#N)c(F)c2)ccc1C#N. The third-order valence-electron chi connectivity index (χ3n) is 3.82. The molecule has 0 saturated heterocycles. The Morgan fingerprint density at radius 2 is 1.82 bits per heavy atom. The van der Waals surface area contributed by atoms with E-state index < -0.39 is 23.6 Å². The van der Waals surface area contributed by atoms with Crippen molar-refractivity contribution in [1.29, 1.82) is 10.5 Å². The number of rotatable bonds is 6. The molecular weight excluding hydrogens is 365 g/mol. The molecule has 7 nitrogen and oxygen atoms in total. The van der Waals surface area contributed by atoms with E-state index in [1.165, 1.54) is 37.4 Å². The summed E-state index contributed by atoms with van der Waals surface area (Å²) in [5, 5.41) is 20.4. The Balaban J connectivity index is 2.02. The topological polar surface area (TPSA) is 112 Å². The molecule has 8 heteroatoms. The van der Waals surface area contributed by atoms with E-state index in [9.17, 15) is 14.0 Å². The number of hydrogen-bond acceptors (Lipinski definition) is 6. The molecule has 0 saturated carbocycles. The lowest BCUT2D eigenvalue weighted by molar-refractivity contribution is -0.120. The lowest BCUT2D eigenvalue weighted by Crippen LogP contribution is -2.25. The molecule has 0 radical (unpaired) electrons. The van der Waals surface area contributed by atoms with Crippen molar-refractivity contribution in [3.8, 4) is 17.9 Å². The quantitative estimate of drug-likeness (QED) is 0.770. The van der Waals surface area contributed by atoms with E-state index >= 15 is 0 Å². The highest BCUT2D eigenvalue weighted by Crippen LogP contribution is 2.19. The largest absolute Gasteiger partial charge is 0.493 e. The van der Waals surface area contributed by atoms with Crippen molar-refractivity contribution in [2.24, 2.45) is 5.92 Å². The van der Waals surface area contributed by atoms with Gasteiger partial charge in [-0.2, -0.15) is 10.5 Å². The van der Waals surface area contributed by atoms with Crippen LogP contribution in [0.2, 0.25) is 0 Å². The Hall–Kier alpha value is -3.91. The average molecular weight is 381 g/mol. The van der Waals surface area contributed by atoms with Crippen LogP contribution < -0.4 is 10.1 Å². The first kappa shape index (κ1) is 20.4. The van der Waals surface area contributed by atoms with Crippen molar-refractivity contribution in [2.45, 2.75) is 6.92 Å². The van der Waals surface area contributed by atoms with Gasteiger partial charge in [0.15, 0.2) is 0 Å². The van der Waals surface area contributed by atoms with Gasteiger partial charge in [-0.05, 0) is 30.3 Å². The standard InChI is InChI=1S/C20H16FN3O4/c1-12(11-28-16-6-4-14(10-23)18(21)8-16)19(25)24-15-5-3-13(9-22)17(7-15)20(26)27-2/h3-8,12H,11H2,1-2H3,(H,24,25)/t12-/m1/s1. The molecule has 2 aromatic rings. The Bertz CT molecular complexity index is 992. The molecule has 0 aliphatic heterocycles. The van der Waals surface area contributed by atoms with E-state index in [2.05, 4.69) is 10.1 Å². The van der Waals surface area contributed by atoms with Crippen molar-refractivity contribution in [1.82, 2.24) is 0 Å². The summed E-state index contributed by atoms with van der Waals surface area (Å²) in [6.07, 6.45) is 0. The van der Waals surface area contributed by atoms with Crippen LogP contribution in [0.4, 0.5) is 10.1 Å². The van der Waals surface area contributed by atoms with Crippen molar-refractivity contribution in [3.05, 3.63) is 58.9 Å². The minimum Gasteiger partial charge on any atom is -0.493 e. The van der Waals surface area contributed by atoms with Gasteiger partial charge in [0.2, 0.25) is 5.91 Å². The number of anilines is 1. The molecule has 142 valence electrons. The number of nitrogens with one attached hydrogen (secondary N) is 1. The van der Waals surface area contributed by atoms with Crippen LogP contribution in [0.1, 0.15) is 28.4 Å². The van der Waals surface area contributed by atoms with Crippen LogP contribution in [0.15, 0.2) is 36.4 Å². The Morgan fingerprint density at radius 1 is 1.14 bits per heavy atom. The van der Waals surface area contributed by atoms with Gasteiger partial charge in [0.05, 0.1) is 36.3 Å². The molecule has 28 heavy (non-hydrogen) atoms. The van der Waals surface area contributed by atoms with Gasteiger partial charge in [0.1, 0.15) is 23.7 Å². The number of methoxy groups -OCH3 is 1. The van der Waals surface area contributed by atoms with Crippen LogP contribution in [0.3, 0.4) is 0 Å². The fraction of sp³-hybridized carbons (Fsp3) is 0.200. The molecular formula is C20H16FN3O4. The molecule has 0 unspecified atom stereocenters. The van der Waals surface area contributed by atoms with E-state index in [0.717, 1.165) is 6.07 Å². The number of nitrogens with zero attached hydrogens (tertiary/aromatic N) is 2. The van der Waals surface area contributed by atoms with Gasteiger partial charge >= 0.3 is 5.97 Å². The predicted octanol–water partition coefficient (Wildman–Crippen LogP) is 3.01. The molecule has 0 heterocycles. The summed E-state index contributed by atoms with van der Waals surface area (Å²) in [5.41, 5.74) is 0.393. The molecule has 0 spiro atoms. The van der Waals surface area contributed by atoms with Crippen molar-refractivity contribution < 1.29 is 23.5 Å². The number of esters is 1. The fourth-order valence-corrected chi connectivity index (χ4v) is 2.24. The van der Waals surface area contributed by atoms with Crippen molar-refractivity contribution >= 4 is 17.6 Å². The summed E-state index contributed by atoms with van der Waals surface area (Å²) in [4.78, 5) is 24.1. The number of benzene rings is 2. The molecule has 0 bridgehead atoms. The number of hydrogen-bond donors (Lipinski definition) is 1. The maximum atomic E-state index is 13.6. The van der Waals surface area contributed by atoms with E-state index in [4.69, 9.17) is 15.3 Å². The molecule has 2 rings (SSSR count). The van der Waals surface area contributed by atoms with E-state index in [0.29, 0.717) is 5.69 Å². The molecule has 0 aliphatic carbocycles. The Morgan fingerprint density at radius 3 is 2.43 bits per heavy atom. The smallest absolute Gasteiger partial charge is 0.339 e. The van der Waals surface area contributed by atoms with Gasteiger partial charge in [0.25, 0.3) is 0 Å². The van der Waals surface area contributed by atoms with E-state index in [-0.39, 0.29) is 29.0 Å². The Labute approximate surface area is 160 Å². The predicted molar refractivity (Wildman–Crippen MR) is 96.9 cm³/mol. The van der Waals surface area contributed by atoms with Gasteiger partial charge in [-0.25, -0.2) is 9.18 Å². The zero-order valence-corrected chi connectivity index (χ0v) is 15.2. The fourth-order valence-electron chi connectivity index (χ4n) is 2.24. The second kappa shape index (κ2) is 9.15. The molecule has 0 aliphatic rings. The zero-order chi connectivity index (χ0) is 20.7. The molecule has 0 aromatic heterocycles. The van der Waals surface area contributed by atoms with E-state index in [1.54, 1.807) is 13.0 Å². The van der Waals surface area contributed by atoms with Crippen LogP contribution >= 0.6 is 0 Å². The van der Waals surface area contributed by atoms with Crippen LogP contribution in [-0.4, -0.2) is 25.6 Å². The van der Waals surface area contributed by atoms with Crippen LogP contribution in [0, 0.1) is 34.4 Å². The maximum Gasteiger partial charge on any atom is 0.339 e. The number of halogens is 1. The van der Waals surface area contributed by atoms with Gasteiger partial charge in [-0.15, -0.1) is 0 Å². The number of ether oxygens (including phenoxy) is 2. The Kier molecular flexibility index (Phi) is 6.67. The number of amides is 1. The van der Waals surface area contributed by atoms with Gasteiger partial charge < -0.3 is 14.8 Å². The van der Waals surface area contributed by atoms with Crippen molar-refractivity contribution in [2.75, 3.05) is 19.0 Å². The zero-order valence-electron chi connectivity index (χ0n) is 15.2. The second-order valence-corrected chi connectivity index (χ2v) is 5.82. The minimum atomic E-state index is -0.704. The molecule has 1 atom stereocenters. The highest BCUT2D eigenvalue weighted by molar-refractivity contribution is 5.96. The lowest BCUT2D eigenvalue weighted by atomic mass is 10.1. The highest BCUT2D eigenvalue weighted by atomic mass is 19.1. The summed E-state index contributed by atoms with van der Waals surface area (Å²) < 4.78 is 23.6. The third kappa shape index (κ3) is 4.83. The highest BCUT2D eigenvalue weighted by Gasteiger charge is 2.17. The van der Waals surface area contributed by atoms with Gasteiger partial charge in [0, 0.05) is 11.8 Å². The number of carbonyl (C=O) groups excluding carboxylic acids is 2. The third-order valence-corrected chi connectivity index (χ3v) is 3.82. The summed E-state index contributed by atoms with van der Waals surface area (Å²) in [6.45, 7) is 1.58. The summed E-state index contributed by atoms with van der Waals surface area (Å²) in [5.74, 6) is -2.19. The van der Waals surface area contributed by atoms with Gasteiger partial charge in [-0.3, -0.25) is 4.79 Å². The normalized spacial score (nSPS) is 10.9.